The van der Waals surface area contributed by atoms with Crippen molar-refractivity contribution < 1.29 is 27.4 Å². The third kappa shape index (κ3) is 4.07. The molecule has 1 aliphatic rings. The van der Waals surface area contributed by atoms with Gasteiger partial charge in [-0.25, -0.2) is 4.79 Å². The third-order valence-corrected chi connectivity index (χ3v) is 3.95. The number of cyclic esters (lactones) is 1. The van der Waals surface area contributed by atoms with Crippen molar-refractivity contribution in [3.8, 4) is 11.4 Å². The van der Waals surface area contributed by atoms with Crippen LogP contribution < -0.4 is 10.1 Å². The second-order valence-corrected chi connectivity index (χ2v) is 5.62. The van der Waals surface area contributed by atoms with Gasteiger partial charge in [-0.3, -0.25) is 0 Å². The first-order valence-electron chi connectivity index (χ1n) is 6.62. The maximum Gasteiger partial charge on any atom is 0.573 e. The molecule has 0 radical (unpaired) electrons. The lowest BCUT2D eigenvalue weighted by Crippen LogP contribution is -2.17. The number of carbonyl (C=O) groups excluding carboxylic acids is 1. The molecule has 1 fully saturated rings. The molecule has 0 bridgehead atoms. The Morgan fingerprint density at radius 2 is 2.12 bits per heavy atom. The number of rotatable bonds is 5. The molecular weight excluding hydrogens is 351 g/mol. The Balaban J connectivity index is 1.67. The fourth-order valence-corrected chi connectivity index (χ4v) is 2.79. The number of nitrogens with zero attached hydrogens (tertiary/aromatic N) is 4. The van der Waals surface area contributed by atoms with Crippen LogP contribution in [0.3, 0.4) is 0 Å². The van der Waals surface area contributed by atoms with Gasteiger partial charge in [-0.15, -0.1) is 18.3 Å². The van der Waals surface area contributed by atoms with Gasteiger partial charge in [0, 0.05) is 5.75 Å². The van der Waals surface area contributed by atoms with Crippen molar-refractivity contribution in [1.29, 1.82) is 0 Å². The zero-order valence-corrected chi connectivity index (χ0v) is 12.7. The topological polar surface area (TPSA) is 91.2 Å². The standard InChI is InChI=1S/C12H10F3N5O3S/c13-12(14,15)23-8-3-1-7(2-4-8)20-10(17-18-19-20)24-6-9-5-16-11(21)22-9/h1-4,9H,5-6H2,(H,16,21). The first kappa shape index (κ1) is 16.4. The first-order chi connectivity index (χ1) is 11.4. The van der Waals surface area contributed by atoms with Crippen molar-refractivity contribution in [2.45, 2.75) is 17.6 Å². The Labute approximate surface area is 137 Å². The highest BCUT2D eigenvalue weighted by molar-refractivity contribution is 7.99. The van der Waals surface area contributed by atoms with Gasteiger partial charge in [-0.2, -0.15) is 4.68 Å². The van der Waals surface area contributed by atoms with Crippen LogP contribution in [0.2, 0.25) is 0 Å². The average molecular weight is 361 g/mol. The smallest absolute Gasteiger partial charge is 0.443 e. The van der Waals surface area contributed by atoms with E-state index in [1.54, 1.807) is 0 Å². The number of carbonyl (C=O) groups is 1. The minimum absolute atomic E-state index is 0.296. The molecule has 8 nitrogen and oxygen atoms in total. The van der Waals surface area contributed by atoms with E-state index in [2.05, 4.69) is 25.6 Å². The number of hydrogen-bond donors (Lipinski definition) is 1. The van der Waals surface area contributed by atoms with Crippen LogP contribution in [0.25, 0.3) is 5.69 Å². The maximum atomic E-state index is 12.2. The lowest BCUT2D eigenvalue weighted by molar-refractivity contribution is -0.274. The Kier molecular flexibility index (Phi) is 4.46. The molecular formula is C12H10F3N5O3S. The molecule has 2 heterocycles. The number of aromatic nitrogens is 4. The number of alkyl carbamates (subject to hydrolysis) is 1. The van der Waals surface area contributed by atoms with Gasteiger partial charge < -0.3 is 14.8 Å². The van der Waals surface area contributed by atoms with E-state index >= 15 is 0 Å². The summed E-state index contributed by atoms with van der Waals surface area (Å²) in [6.45, 7) is 0.400. The van der Waals surface area contributed by atoms with E-state index in [-0.39, 0.29) is 11.9 Å². The van der Waals surface area contributed by atoms with E-state index in [4.69, 9.17) is 4.74 Å². The maximum absolute atomic E-state index is 12.2. The molecule has 1 aromatic carbocycles. The fourth-order valence-electron chi connectivity index (χ4n) is 1.91. The lowest BCUT2D eigenvalue weighted by atomic mass is 10.3. The second kappa shape index (κ2) is 6.55. The SMILES string of the molecule is O=C1NCC(CSc2nnnn2-c2ccc(OC(F)(F)F)cc2)O1. The van der Waals surface area contributed by atoms with E-state index in [0.717, 1.165) is 0 Å². The zero-order chi connectivity index (χ0) is 17.2. The Bertz CT molecular complexity index is 721. The minimum atomic E-state index is -4.75. The number of alkyl halides is 3. The van der Waals surface area contributed by atoms with Gasteiger partial charge in [0.25, 0.3) is 0 Å². The van der Waals surface area contributed by atoms with E-state index in [9.17, 15) is 18.0 Å². The van der Waals surface area contributed by atoms with Crippen LogP contribution >= 0.6 is 11.8 Å². The Hall–Kier alpha value is -2.50. The molecule has 1 unspecified atom stereocenters. The van der Waals surface area contributed by atoms with Crippen molar-refractivity contribution in [2.24, 2.45) is 0 Å². The summed E-state index contributed by atoms with van der Waals surface area (Å²) in [6, 6.07) is 5.14. The monoisotopic (exact) mass is 361 g/mol. The molecule has 128 valence electrons. The van der Waals surface area contributed by atoms with Crippen LogP contribution in [0, 0.1) is 0 Å². The summed E-state index contributed by atoms with van der Waals surface area (Å²) in [5, 5.41) is 14.1. The molecule has 1 N–H and O–H groups in total. The van der Waals surface area contributed by atoms with Gasteiger partial charge in [0.05, 0.1) is 12.2 Å². The lowest BCUT2D eigenvalue weighted by Gasteiger charge is -2.10. The highest BCUT2D eigenvalue weighted by Gasteiger charge is 2.31. The van der Waals surface area contributed by atoms with Gasteiger partial charge in [0.1, 0.15) is 11.9 Å². The number of benzene rings is 1. The van der Waals surface area contributed by atoms with E-state index in [1.807, 2.05) is 0 Å². The summed E-state index contributed by atoms with van der Waals surface area (Å²) in [7, 11) is 0. The highest BCUT2D eigenvalue weighted by Crippen LogP contribution is 2.25. The Morgan fingerprint density at radius 1 is 1.38 bits per heavy atom. The average Bonchev–Trinajstić information content (AvgIpc) is 3.13. The summed E-state index contributed by atoms with van der Waals surface area (Å²) in [5.41, 5.74) is 0.471. The predicted octanol–water partition coefficient (Wildman–Crippen LogP) is 1.76. The summed E-state index contributed by atoms with van der Waals surface area (Å²) in [6.07, 6.45) is -5.51. The van der Waals surface area contributed by atoms with Crippen molar-refractivity contribution in [3.05, 3.63) is 24.3 Å². The number of thioether (sulfide) groups is 1. The normalized spacial score (nSPS) is 17.5. The molecule has 1 aromatic heterocycles. The van der Waals surface area contributed by atoms with Crippen molar-refractivity contribution >= 4 is 17.9 Å². The number of ether oxygens (including phenoxy) is 2. The third-order valence-electron chi connectivity index (χ3n) is 2.90. The number of amides is 1. The van der Waals surface area contributed by atoms with Crippen LogP contribution in [0.5, 0.6) is 5.75 Å². The van der Waals surface area contributed by atoms with Crippen LogP contribution in [-0.4, -0.2) is 51.1 Å². The van der Waals surface area contributed by atoms with Gasteiger partial charge >= 0.3 is 12.5 Å². The summed E-state index contributed by atoms with van der Waals surface area (Å²) < 4.78 is 46.6. The Morgan fingerprint density at radius 3 is 2.75 bits per heavy atom. The molecule has 1 amide bonds. The minimum Gasteiger partial charge on any atom is -0.443 e. The van der Waals surface area contributed by atoms with E-state index < -0.39 is 12.5 Å². The van der Waals surface area contributed by atoms with Gasteiger partial charge in [-0.1, -0.05) is 11.8 Å². The molecule has 3 rings (SSSR count). The van der Waals surface area contributed by atoms with Gasteiger partial charge in [0.15, 0.2) is 0 Å². The fraction of sp³-hybridized carbons (Fsp3) is 0.333. The molecule has 1 aliphatic heterocycles. The highest BCUT2D eigenvalue weighted by atomic mass is 32.2. The van der Waals surface area contributed by atoms with Crippen LogP contribution in [-0.2, 0) is 4.74 Å². The molecule has 24 heavy (non-hydrogen) atoms. The van der Waals surface area contributed by atoms with E-state index in [0.29, 0.717) is 23.1 Å². The quantitative estimate of drug-likeness (QED) is 0.812. The molecule has 2 aromatic rings. The van der Waals surface area contributed by atoms with E-state index in [1.165, 1.54) is 40.7 Å². The first-order valence-corrected chi connectivity index (χ1v) is 7.61. The van der Waals surface area contributed by atoms with Gasteiger partial charge in [0.2, 0.25) is 5.16 Å². The van der Waals surface area contributed by atoms with Crippen LogP contribution in [0.4, 0.5) is 18.0 Å². The molecule has 0 aliphatic carbocycles. The molecule has 1 atom stereocenters. The van der Waals surface area contributed by atoms with Crippen molar-refractivity contribution in [1.82, 2.24) is 25.5 Å². The molecule has 0 spiro atoms. The molecule has 12 heteroatoms. The number of tetrazole rings is 1. The number of hydrogen-bond acceptors (Lipinski definition) is 7. The summed E-state index contributed by atoms with van der Waals surface area (Å²) >= 11 is 1.26. The summed E-state index contributed by atoms with van der Waals surface area (Å²) in [4.78, 5) is 11.0. The molecule has 0 saturated carbocycles. The largest absolute Gasteiger partial charge is 0.573 e. The number of halogens is 3. The number of nitrogens with one attached hydrogen (secondary N) is 1. The van der Waals surface area contributed by atoms with Crippen LogP contribution in [0.1, 0.15) is 0 Å². The van der Waals surface area contributed by atoms with Crippen molar-refractivity contribution in [3.63, 3.8) is 0 Å². The predicted molar refractivity (Wildman–Crippen MR) is 74.8 cm³/mol. The zero-order valence-electron chi connectivity index (χ0n) is 11.9. The van der Waals surface area contributed by atoms with Crippen LogP contribution in [0.15, 0.2) is 29.4 Å². The molecule has 1 saturated heterocycles. The van der Waals surface area contributed by atoms with Crippen molar-refractivity contribution in [2.75, 3.05) is 12.3 Å². The van der Waals surface area contributed by atoms with Gasteiger partial charge in [-0.05, 0) is 34.7 Å². The second-order valence-electron chi connectivity index (χ2n) is 4.63. The summed E-state index contributed by atoms with van der Waals surface area (Å²) in [5.74, 6) is 0.103.